The lowest BCUT2D eigenvalue weighted by Crippen LogP contribution is -2.47. The zero-order chi connectivity index (χ0) is 17.6. The van der Waals surface area contributed by atoms with E-state index in [1.165, 1.54) is 0 Å². The van der Waals surface area contributed by atoms with Crippen LogP contribution in [-0.2, 0) is 4.79 Å². The molecule has 1 fully saturated rings. The quantitative estimate of drug-likeness (QED) is 0.860. The normalized spacial score (nSPS) is 14.8. The summed E-state index contributed by atoms with van der Waals surface area (Å²) in [7, 11) is 0. The second-order valence-corrected chi connectivity index (χ2v) is 6.19. The van der Waals surface area contributed by atoms with E-state index in [2.05, 4.69) is 16.0 Å². The van der Waals surface area contributed by atoms with Crippen LogP contribution in [0.15, 0.2) is 48.7 Å². The van der Waals surface area contributed by atoms with Crippen molar-refractivity contribution in [3.63, 3.8) is 0 Å². The highest BCUT2D eigenvalue weighted by Crippen LogP contribution is 2.26. The number of anilines is 2. The van der Waals surface area contributed by atoms with E-state index in [1.54, 1.807) is 12.3 Å². The topological polar surface area (TPSA) is 60.2 Å². The maximum atomic E-state index is 12.5. The summed E-state index contributed by atoms with van der Waals surface area (Å²) < 4.78 is 0. The number of para-hydroxylation sites is 1. The van der Waals surface area contributed by atoms with E-state index in [1.807, 2.05) is 48.2 Å². The number of nitrogens with zero attached hydrogens (tertiary/aromatic N) is 4. The molecule has 0 N–H and O–H groups in total. The average Bonchev–Trinajstić information content (AvgIpc) is 2.69. The van der Waals surface area contributed by atoms with Gasteiger partial charge in [-0.05, 0) is 37.1 Å². The van der Waals surface area contributed by atoms with Crippen LogP contribution >= 0.6 is 0 Å². The van der Waals surface area contributed by atoms with E-state index in [4.69, 9.17) is 5.26 Å². The van der Waals surface area contributed by atoms with Gasteiger partial charge in [-0.15, -0.1) is 0 Å². The molecule has 25 heavy (non-hydrogen) atoms. The SMILES string of the molecule is CCC(=O)N(c1ccccc1)C1CCN(c2ccc(C#N)cn2)CC1. The number of benzene rings is 1. The standard InChI is InChI=1S/C20H22N4O/c1-2-20(25)24(17-6-4-3-5-7-17)18-10-12-23(13-11-18)19-9-8-16(14-21)15-22-19/h3-9,15,18H,2,10-13H2,1H3. The molecule has 3 rings (SSSR count). The van der Waals surface area contributed by atoms with Crippen LogP contribution < -0.4 is 9.80 Å². The molecule has 1 aromatic carbocycles. The third kappa shape index (κ3) is 3.80. The van der Waals surface area contributed by atoms with Gasteiger partial charge in [-0.25, -0.2) is 4.98 Å². The molecule has 0 unspecified atom stereocenters. The number of hydrogen-bond acceptors (Lipinski definition) is 4. The van der Waals surface area contributed by atoms with E-state index in [9.17, 15) is 4.79 Å². The van der Waals surface area contributed by atoms with E-state index in [-0.39, 0.29) is 11.9 Å². The molecule has 2 heterocycles. The van der Waals surface area contributed by atoms with Gasteiger partial charge in [0, 0.05) is 37.4 Å². The van der Waals surface area contributed by atoms with Gasteiger partial charge < -0.3 is 9.80 Å². The summed E-state index contributed by atoms with van der Waals surface area (Å²) in [5, 5.41) is 8.88. The highest BCUT2D eigenvalue weighted by Gasteiger charge is 2.28. The second-order valence-electron chi connectivity index (χ2n) is 6.19. The maximum Gasteiger partial charge on any atom is 0.226 e. The molecule has 0 spiro atoms. The fraction of sp³-hybridized carbons (Fsp3) is 0.350. The first-order valence-corrected chi connectivity index (χ1v) is 8.71. The molecule has 1 amide bonds. The number of amides is 1. The van der Waals surface area contributed by atoms with Gasteiger partial charge in [0.25, 0.3) is 0 Å². The lowest BCUT2D eigenvalue weighted by atomic mass is 10.0. The number of rotatable bonds is 4. The number of nitriles is 1. The smallest absolute Gasteiger partial charge is 0.226 e. The Kier molecular flexibility index (Phi) is 5.30. The lowest BCUT2D eigenvalue weighted by Gasteiger charge is -2.39. The summed E-state index contributed by atoms with van der Waals surface area (Å²) in [5.74, 6) is 1.06. The van der Waals surface area contributed by atoms with Crippen LogP contribution in [0.4, 0.5) is 11.5 Å². The highest BCUT2D eigenvalue weighted by molar-refractivity contribution is 5.93. The molecular weight excluding hydrogens is 312 g/mol. The summed E-state index contributed by atoms with van der Waals surface area (Å²) in [4.78, 5) is 21.1. The van der Waals surface area contributed by atoms with Gasteiger partial charge in [-0.2, -0.15) is 5.26 Å². The number of aromatic nitrogens is 1. The molecule has 0 atom stereocenters. The Balaban J connectivity index is 1.70. The first-order valence-electron chi connectivity index (χ1n) is 8.71. The van der Waals surface area contributed by atoms with Crippen LogP contribution in [0.3, 0.4) is 0 Å². The second kappa shape index (κ2) is 7.80. The van der Waals surface area contributed by atoms with Gasteiger partial charge in [-0.3, -0.25) is 4.79 Å². The zero-order valence-corrected chi connectivity index (χ0v) is 14.4. The van der Waals surface area contributed by atoms with Crippen molar-refractivity contribution in [2.24, 2.45) is 0 Å². The Morgan fingerprint density at radius 3 is 2.52 bits per heavy atom. The number of carbonyl (C=O) groups excluding carboxylic acids is 1. The molecule has 5 nitrogen and oxygen atoms in total. The van der Waals surface area contributed by atoms with Gasteiger partial charge in [0.05, 0.1) is 5.56 Å². The first-order chi connectivity index (χ1) is 12.2. The first kappa shape index (κ1) is 17.0. The molecule has 0 saturated carbocycles. The van der Waals surface area contributed by atoms with Crippen LogP contribution in [0.5, 0.6) is 0 Å². The Bertz CT molecular complexity index is 744. The van der Waals surface area contributed by atoms with Crippen molar-refractivity contribution < 1.29 is 4.79 Å². The Hall–Kier alpha value is -2.87. The van der Waals surface area contributed by atoms with E-state index >= 15 is 0 Å². The molecule has 1 aliphatic heterocycles. The number of pyridine rings is 1. The van der Waals surface area contributed by atoms with Crippen molar-refractivity contribution in [3.05, 3.63) is 54.2 Å². The number of piperidine rings is 1. The fourth-order valence-corrected chi connectivity index (χ4v) is 3.31. The molecule has 1 aliphatic rings. The third-order valence-electron chi connectivity index (χ3n) is 4.64. The van der Waals surface area contributed by atoms with Gasteiger partial charge >= 0.3 is 0 Å². The molecule has 0 aliphatic carbocycles. The molecule has 1 aromatic heterocycles. The number of carbonyl (C=O) groups is 1. The monoisotopic (exact) mass is 334 g/mol. The van der Waals surface area contributed by atoms with Crippen molar-refractivity contribution in [2.75, 3.05) is 22.9 Å². The van der Waals surface area contributed by atoms with Crippen molar-refractivity contribution in [1.82, 2.24) is 4.98 Å². The van der Waals surface area contributed by atoms with Crippen molar-refractivity contribution in [1.29, 1.82) is 5.26 Å². The largest absolute Gasteiger partial charge is 0.356 e. The molecule has 1 saturated heterocycles. The van der Waals surface area contributed by atoms with Crippen LogP contribution in [0.1, 0.15) is 31.7 Å². The van der Waals surface area contributed by atoms with Gasteiger partial charge in [-0.1, -0.05) is 25.1 Å². The van der Waals surface area contributed by atoms with E-state index < -0.39 is 0 Å². The zero-order valence-electron chi connectivity index (χ0n) is 14.4. The summed E-state index contributed by atoms with van der Waals surface area (Å²) in [6.45, 7) is 3.61. The Morgan fingerprint density at radius 2 is 1.96 bits per heavy atom. The molecule has 128 valence electrons. The van der Waals surface area contributed by atoms with Crippen LogP contribution in [0.25, 0.3) is 0 Å². The van der Waals surface area contributed by atoms with Crippen LogP contribution in [-0.4, -0.2) is 30.0 Å². The molecule has 0 radical (unpaired) electrons. The predicted molar refractivity (Wildman–Crippen MR) is 98.4 cm³/mol. The van der Waals surface area contributed by atoms with E-state index in [0.29, 0.717) is 12.0 Å². The summed E-state index contributed by atoms with van der Waals surface area (Å²) >= 11 is 0. The lowest BCUT2D eigenvalue weighted by molar-refractivity contribution is -0.118. The van der Waals surface area contributed by atoms with Crippen LogP contribution in [0.2, 0.25) is 0 Å². The minimum atomic E-state index is 0.168. The summed E-state index contributed by atoms with van der Waals surface area (Å²) in [5.41, 5.74) is 1.55. The van der Waals surface area contributed by atoms with Crippen molar-refractivity contribution >= 4 is 17.4 Å². The molecule has 0 bridgehead atoms. The predicted octanol–water partition coefficient (Wildman–Crippen LogP) is 3.37. The summed E-state index contributed by atoms with van der Waals surface area (Å²) in [6, 6.07) is 15.9. The summed E-state index contributed by atoms with van der Waals surface area (Å²) in [6.07, 6.45) is 3.93. The third-order valence-corrected chi connectivity index (χ3v) is 4.64. The van der Waals surface area contributed by atoms with Gasteiger partial charge in [0.1, 0.15) is 11.9 Å². The maximum absolute atomic E-state index is 12.5. The number of hydrogen-bond donors (Lipinski definition) is 0. The highest BCUT2D eigenvalue weighted by atomic mass is 16.2. The van der Waals surface area contributed by atoms with Gasteiger partial charge in [0.15, 0.2) is 0 Å². The minimum Gasteiger partial charge on any atom is -0.356 e. The van der Waals surface area contributed by atoms with E-state index in [0.717, 1.165) is 37.4 Å². The molecule has 2 aromatic rings. The Morgan fingerprint density at radius 1 is 1.24 bits per heavy atom. The average molecular weight is 334 g/mol. The fourth-order valence-electron chi connectivity index (χ4n) is 3.31. The molecule has 5 heteroatoms. The van der Waals surface area contributed by atoms with Gasteiger partial charge in [0.2, 0.25) is 5.91 Å². The van der Waals surface area contributed by atoms with Crippen molar-refractivity contribution in [3.8, 4) is 6.07 Å². The van der Waals surface area contributed by atoms with Crippen molar-refractivity contribution in [2.45, 2.75) is 32.2 Å². The Labute approximate surface area is 148 Å². The van der Waals surface area contributed by atoms with Crippen LogP contribution in [0, 0.1) is 11.3 Å². The molecular formula is C20H22N4O. The minimum absolute atomic E-state index is 0.168.